The van der Waals surface area contributed by atoms with Gasteiger partial charge in [-0.2, -0.15) is 0 Å². The summed E-state index contributed by atoms with van der Waals surface area (Å²) < 4.78 is 0. The van der Waals surface area contributed by atoms with Crippen LogP contribution in [0, 0.1) is 11.8 Å². The van der Waals surface area contributed by atoms with Crippen molar-refractivity contribution >= 4 is 18.3 Å². The molecule has 0 saturated carbocycles. The van der Waals surface area contributed by atoms with E-state index in [1.807, 2.05) is 4.90 Å². The normalized spacial score (nSPS) is 26.6. The molecule has 2 heterocycles. The van der Waals surface area contributed by atoms with Crippen molar-refractivity contribution in [3.8, 4) is 0 Å². The number of likely N-dealkylation sites (tertiary alicyclic amines) is 1. The molecule has 2 N–H and O–H groups in total. The third-order valence-corrected chi connectivity index (χ3v) is 3.59. The number of hydrogen-bond donors (Lipinski definition) is 2. The van der Waals surface area contributed by atoms with Crippen molar-refractivity contribution in [2.45, 2.75) is 19.3 Å². The minimum Gasteiger partial charge on any atom is -0.396 e. The average molecular weight is 249 g/mol. The summed E-state index contributed by atoms with van der Waals surface area (Å²) in [5.41, 5.74) is 0. The van der Waals surface area contributed by atoms with E-state index in [1.54, 1.807) is 0 Å². The standard InChI is InChI=1S/C11H20N2O2.ClH/c14-8-9-2-5-13(6-3-9)11(15)10-1-4-12-7-10;/h9-10,12,14H,1-8H2;1H/t10-;/m1./s1. The lowest BCUT2D eigenvalue weighted by molar-refractivity contribution is -0.136. The van der Waals surface area contributed by atoms with E-state index in [0.29, 0.717) is 11.8 Å². The van der Waals surface area contributed by atoms with Crippen LogP contribution in [0.15, 0.2) is 0 Å². The van der Waals surface area contributed by atoms with Gasteiger partial charge in [0.2, 0.25) is 5.91 Å². The highest BCUT2D eigenvalue weighted by molar-refractivity contribution is 5.85. The molecule has 2 aliphatic rings. The fourth-order valence-electron chi connectivity index (χ4n) is 2.46. The van der Waals surface area contributed by atoms with Crippen LogP contribution in [-0.4, -0.2) is 48.7 Å². The molecule has 1 atom stereocenters. The molecule has 0 unspecified atom stereocenters. The molecule has 4 nitrogen and oxygen atoms in total. The highest BCUT2D eigenvalue weighted by Gasteiger charge is 2.29. The van der Waals surface area contributed by atoms with Gasteiger partial charge in [-0.15, -0.1) is 12.4 Å². The van der Waals surface area contributed by atoms with Gasteiger partial charge in [-0.25, -0.2) is 0 Å². The summed E-state index contributed by atoms with van der Waals surface area (Å²) in [5, 5.41) is 12.2. The summed E-state index contributed by atoms with van der Waals surface area (Å²) in [4.78, 5) is 14.0. The van der Waals surface area contributed by atoms with Gasteiger partial charge in [0, 0.05) is 26.2 Å². The Bertz CT molecular complexity index is 224. The van der Waals surface area contributed by atoms with Crippen molar-refractivity contribution in [2.75, 3.05) is 32.8 Å². The van der Waals surface area contributed by atoms with E-state index >= 15 is 0 Å². The van der Waals surface area contributed by atoms with Crippen LogP contribution in [0.2, 0.25) is 0 Å². The number of nitrogens with one attached hydrogen (secondary N) is 1. The quantitative estimate of drug-likeness (QED) is 0.737. The molecule has 0 aromatic heterocycles. The van der Waals surface area contributed by atoms with Crippen LogP contribution < -0.4 is 5.32 Å². The minimum absolute atomic E-state index is 0. The topological polar surface area (TPSA) is 52.6 Å². The smallest absolute Gasteiger partial charge is 0.227 e. The number of aliphatic hydroxyl groups is 1. The fourth-order valence-corrected chi connectivity index (χ4v) is 2.46. The number of carbonyl (C=O) groups is 1. The Morgan fingerprint density at radius 3 is 2.50 bits per heavy atom. The lowest BCUT2D eigenvalue weighted by Crippen LogP contribution is -2.42. The molecular weight excluding hydrogens is 228 g/mol. The molecule has 2 aliphatic heterocycles. The second-order valence-corrected chi connectivity index (χ2v) is 4.64. The van der Waals surface area contributed by atoms with Crippen LogP contribution in [0.4, 0.5) is 0 Å². The van der Waals surface area contributed by atoms with Crippen LogP contribution in [0.5, 0.6) is 0 Å². The predicted octanol–water partition coefficient (Wildman–Crippen LogP) is 0.249. The van der Waals surface area contributed by atoms with Crippen LogP contribution in [0.1, 0.15) is 19.3 Å². The molecular formula is C11H21ClN2O2. The summed E-state index contributed by atoms with van der Waals surface area (Å²) in [5.74, 6) is 0.933. The maximum Gasteiger partial charge on any atom is 0.227 e. The number of amides is 1. The van der Waals surface area contributed by atoms with E-state index in [9.17, 15) is 4.79 Å². The number of halogens is 1. The van der Waals surface area contributed by atoms with Crippen molar-refractivity contribution in [3.63, 3.8) is 0 Å². The van der Waals surface area contributed by atoms with E-state index in [2.05, 4.69) is 5.32 Å². The van der Waals surface area contributed by atoms with Crippen molar-refractivity contribution in [1.29, 1.82) is 0 Å². The van der Waals surface area contributed by atoms with Gasteiger partial charge in [-0.3, -0.25) is 4.79 Å². The van der Waals surface area contributed by atoms with Crippen LogP contribution in [0.3, 0.4) is 0 Å². The molecule has 0 radical (unpaired) electrons. The largest absolute Gasteiger partial charge is 0.396 e. The van der Waals surface area contributed by atoms with Gasteiger partial charge < -0.3 is 15.3 Å². The molecule has 5 heteroatoms. The minimum atomic E-state index is 0. The Kier molecular flexibility index (Phi) is 5.52. The number of hydrogen-bond acceptors (Lipinski definition) is 3. The van der Waals surface area contributed by atoms with Crippen LogP contribution in [-0.2, 0) is 4.79 Å². The molecule has 0 aromatic rings. The Morgan fingerprint density at radius 2 is 2.00 bits per heavy atom. The van der Waals surface area contributed by atoms with Crippen molar-refractivity contribution in [3.05, 3.63) is 0 Å². The predicted molar refractivity (Wildman–Crippen MR) is 64.6 cm³/mol. The third kappa shape index (κ3) is 3.09. The second kappa shape index (κ2) is 6.42. The van der Waals surface area contributed by atoms with Crippen molar-refractivity contribution in [1.82, 2.24) is 10.2 Å². The number of aliphatic hydroxyl groups excluding tert-OH is 1. The first kappa shape index (κ1) is 13.7. The summed E-state index contributed by atoms with van der Waals surface area (Å²) in [6.45, 7) is 3.76. The molecule has 16 heavy (non-hydrogen) atoms. The summed E-state index contributed by atoms with van der Waals surface area (Å²) in [6.07, 6.45) is 2.91. The zero-order valence-electron chi connectivity index (χ0n) is 9.52. The van der Waals surface area contributed by atoms with Crippen molar-refractivity contribution in [2.24, 2.45) is 11.8 Å². The zero-order chi connectivity index (χ0) is 10.7. The lowest BCUT2D eigenvalue weighted by atomic mass is 9.96. The molecule has 2 fully saturated rings. The fraction of sp³-hybridized carbons (Fsp3) is 0.909. The van der Waals surface area contributed by atoms with E-state index < -0.39 is 0 Å². The van der Waals surface area contributed by atoms with E-state index in [0.717, 1.165) is 45.4 Å². The molecule has 0 bridgehead atoms. The maximum atomic E-state index is 12.0. The lowest BCUT2D eigenvalue weighted by Gasteiger charge is -2.32. The van der Waals surface area contributed by atoms with E-state index in [4.69, 9.17) is 5.11 Å². The van der Waals surface area contributed by atoms with E-state index in [-0.39, 0.29) is 24.9 Å². The third-order valence-electron chi connectivity index (χ3n) is 3.59. The summed E-state index contributed by atoms with van der Waals surface area (Å²) in [6, 6.07) is 0. The maximum absolute atomic E-state index is 12.0. The molecule has 0 aromatic carbocycles. The van der Waals surface area contributed by atoms with Crippen molar-refractivity contribution < 1.29 is 9.90 Å². The van der Waals surface area contributed by atoms with Gasteiger partial charge in [0.1, 0.15) is 0 Å². The van der Waals surface area contributed by atoms with Gasteiger partial charge in [0.05, 0.1) is 5.92 Å². The Labute approximate surface area is 103 Å². The zero-order valence-corrected chi connectivity index (χ0v) is 10.3. The first-order valence-corrected chi connectivity index (χ1v) is 5.91. The Hall–Kier alpha value is -0.320. The molecule has 1 amide bonds. The molecule has 2 saturated heterocycles. The number of carbonyl (C=O) groups excluding carboxylic acids is 1. The Balaban J connectivity index is 0.00000128. The van der Waals surface area contributed by atoms with Gasteiger partial charge in [0.15, 0.2) is 0 Å². The molecule has 0 spiro atoms. The average Bonchev–Trinajstić information content (AvgIpc) is 2.82. The summed E-state index contributed by atoms with van der Waals surface area (Å²) >= 11 is 0. The molecule has 94 valence electrons. The highest BCUT2D eigenvalue weighted by Crippen LogP contribution is 2.20. The van der Waals surface area contributed by atoms with Gasteiger partial charge >= 0.3 is 0 Å². The SMILES string of the molecule is Cl.O=C([C@@H]1CCNC1)N1CCC(CO)CC1. The monoisotopic (exact) mass is 248 g/mol. The number of piperidine rings is 1. The second-order valence-electron chi connectivity index (χ2n) is 4.64. The first-order chi connectivity index (χ1) is 7.31. The summed E-state index contributed by atoms with van der Waals surface area (Å²) in [7, 11) is 0. The Morgan fingerprint density at radius 1 is 1.31 bits per heavy atom. The molecule has 0 aliphatic carbocycles. The van der Waals surface area contributed by atoms with Gasteiger partial charge in [-0.1, -0.05) is 0 Å². The van der Waals surface area contributed by atoms with Crippen LogP contribution >= 0.6 is 12.4 Å². The van der Waals surface area contributed by atoms with E-state index in [1.165, 1.54) is 0 Å². The number of nitrogens with zero attached hydrogens (tertiary/aromatic N) is 1. The van der Waals surface area contributed by atoms with Crippen LogP contribution in [0.25, 0.3) is 0 Å². The first-order valence-electron chi connectivity index (χ1n) is 5.91. The van der Waals surface area contributed by atoms with Gasteiger partial charge in [-0.05, 0) is 31.7 Å². The number of rotatable bonds is 2. The highest BCUT2D eigenvalue weighted by atomic mass is 35.5. The molecule has 2 rings (SSSR count). The van der Waals surface area contributed by atoms with Gasteiger partial charge in [0.25, 0.3) is 0 Å².